The normalized spacial score (nSPS) is 13.4. The molecular formula is C17H26N2O4S. The lowest BCUT2D eigenvalue weighted by atomic mass is 10.2. The zero-order chi connectivity index (χ0) is 18.2. The average Bonchev–Trinajstić information content (AvgIpc) is 2.54. The number of nitrogens with one attached hydrogen (secondary N) is 1. The van der Waals surface area contributed by atoms with Crippen LogP contribution in [0.25, 0.3) is 6.08 Å². The van der Waals surface area contributed by atoms with Gasteiger partial charge in [-0.25, -0.2) is 8.42 Å². The molecule has 0 fully saturated rings. The Morgan fingerprint density at radius 3 is 2.33 bits per heavy atom. The van der Waals surface area contributed by atoms with Gasteiger partial charge in [-0.3, -0.25) is 4.79 Å². The van der Waals surface area contributed by atoms with E-state index in [-0.39, 0.29) is 16.8 Å². The van der Waals surface area contributed by atoms with Gasteiger partial charge in [0.1, 0.15) is 0 Å². The van der Waals surface area contributed by atoms with E-state index in [0.29, 0.717) is 19.7 Å². The lowest BCUT2D eigenvalue weighted by Crippen LogP contribution is -2.34. The molecule has 7 heteroatoms. The highest BCUT2D eigenvalue weighted by Gasteiger charge is 2.20. The zero-order valence-corrected chi connectivity index (χ0v) is 15.5. The third kappa shape index (κ3) is 5.74. The zero-order valence-electron chi connectivity index (χ0n) is 14.7. The van der Waals surface area contributed by atoms with E-state index in [1.807, 2.05) is 6.92 Å². The van der Waals surface area contributed by atoms with Gasteiger partial charge in [-0.15, -0.1) is 0 Å². The van der Waals surface area contributed by atoms with E-state index in [4.69, 9.17) is 4.74 Å². The standard InChI is InChI=1S/C17H26N2O4S/c1-5-19(6-2)24(21,22)16-10-7-15(8-11-16)9-12-17(20)18-14(3)13-23-4/h7-12,14H,5-6,13H2,1-4H3,(H,18,20)/b12-9+. The van der Waals surface area contributed by atoms with Crippen LogP contribution in [0.4, 0.5) is 0 Å². The van der Waals surface area contributed by atoms with Gasteiger partial charge in [0.2, 0.25) is 15.9 Å². The molecular weight excluding hydrogens is 328 g/mol. The van der Waals surface area contributed by atoms with Crippen molar-refractivity contribution in [3.8, 4) is 0 Å². The number of ether oxygens (including phenoxy) is 1. The van der Waals surface area contributed by atoms with Crippen LogP contribution in [0.5, 0.6) is 0 Å². The molecule has 0 bridgehead atoms. The van der Waals surface area contributed by atoms with Gasteiger partial charge in [0.05, 0.1) is 11.5 Å². The van der Waals surface area contributed by atoms with Gasteiger partial charge in [0, 0.05) is 32.3 Å². The number of benzene rings is 1. The van der Waals surface area contributed by atoms with Crippen molar-refractivity contribution in [2.24, 2.45) is 0 Å². The molecule has 0 saturated heterocycles. The molecule has 0 heterocycles. The van der Waals surface area contributed by atoms with Crippen LogP contribution < -0.4 is 5.32 Å². The van der Waals surface area contributed by atoms with E-state index < -0.39 is 10.0 Å². The summed E-state index contributed by atoms with van der Waals surface area (Å²) < 4.78 is 31.1. The molecule has 0 aromatic heterocycles. The molecule has 134 valence electrons. The molecule has 1 amide bonds. The first-order valence-corrected chi connectivity index (χ1v) is 9.36. The third-order valence-electron chi connectivity index (χ3n) is 3.46. The molecule has 0 radical (unpaired) electrons. The van der Waals surface area contributed by atoms with Crippen LogP contribution in [0.2, 0.25) is 0 Å². The summed E-state index contributed by atoms with van der Waals surface area (Å²) in [5.41, 5.74) is 0.753. The summed E-state index contributed by atoms with van der Waals surface area (Å²) >= 11 is 0. The Labute approximate surface area is 144 Å². The monoisotopic (exact) mass is 354 g/mol. The Bertz CT molecular complexity index is 650. The summed E-state index contributed by atoms with van der Waals surface area (Å²) in [4.78, 5) is 12.0. The molecule has 1 unspecified atom stereocenters. The van der Waals surface area contributed by atoms with Crippen molar-refractivity contribution in [3.05, 3.63) is 35.9 Å². The van der Waals surface area contributed by atoms with E-state index >= 15 is 0 Å². The van der Waals surface area contributed by atoms with Gasteiger partial charge in [0.25, 0.3) is 0 Å². The predicted octanol–water partition coefficient (Wildman–Crippen LogP) is 1.88. The van der Waals surface area contributed by atoms with Gasteiger partial charge in [-0.05, 0) is 30.7 Å². The molecule has 0 aliphatic carbocycles. The molecule has 1 aromatic rings. The topological polar surface area (TPSA) is 75.7 Å². The first-order chi connectivity index (χ1) is 11.3. The SMILES string of the molecule is CCN(CC)S(=O)(=O)c1ccc(/C=C/C(=O)NC(C)COC)cc1. The van der Waals surface area contributed by atoms with Crippen molar-refractivity contribution in [2.45, 2.75) is 31.7 Å². The van der Waals surface area contributed by atoms with Crippen LogP contribution in [0.15, 0.2) is 35.2 Å². The summed E-state index contributed by atoms with van der Waals surface area (Å²) in [6.45, 7) is 6.77. The van der Waals surface area contributed by atoms with Crippen molar-refractivity contribution in [3.63, 3.8) is 0 Å². The summed E-state index contributed by atoms with van der Waals surface area (Å²) in [5, 5.41) is 2.76. The molecule has 1 rings (SSSR count). The Morgan fingerprint density at radius 2 is 1.83 bits per heavy atom. The second kappa shape index (κ2) is 9.56. The number of hydrogen-bond donors (Lipinski definition) is 1. The average molecular weight is 354 g/mol. The number of methoxy groups -OCH3 is 1. The van der Waals surface area contributed by atoms with Gasteiger partial charge in [0.15, 0.2) is 0 Å². The second-order valence-corrected chi connectivity index (χ2v) is 7.29. The molecule has 0 aliphatic rings. The molecule has 0 saturated carbocycles. The number of amides is 1. The Kier molecular flexibility index (Phi) is 8.10. The fourth-order valence-corrected chi connectivity index (χ4v) is 3.68. The maximum absolute atomic E-state index is 12.4. The van der Waals surface area contributed by atoms with Crippen LogP contribution in [0, 0.1) is 0 Å². The highest BCUT2D eigenvalue weighted by molar-refractivity contribution is 7.89. The van der Waals surface area contributed by atoms with E-state index in [2.05, 4.69) is 5.32 Å². The van der Waals surface area contributed by atoms with E-state index in [0.717, 1.165) is 5.56 Å². The molecule has 0 aliphatic heterocycles. The number of rotatable bonds is 9. The number of carbonyl (C=O) groups is 1. The van der Waals surface area contributed by atoms with E-state index in [1.54, 1.807) is 51.3 Å². The predicted molar refractivity (Wildman–Crippen MR) is 95.1 cm³/mol. The summed E-state index contributed by atoms with van der Waals surface area (Å²) in [7, 11) is -1.88. The van der Waals surface area contributed by atoms with Crippen LogP contribution in [0.3, 0.4) is 0 Å². The largest absolute Gasteiger partial charge is 0.383 e. The van der Waals surface area contributed by atoms with Crippen molar-refractivity contribution >= 4 is 22.0 Å². The Hall–Kier alpha value is -1.70. The molecule has 1 N–H and O–H groups in total. The quantitative estimate of drug-likeness (QED) is 0.687. The van der Waals surface area contributed by atoms with Crippen LogP contribution >= 0.6 is 0 Å². The Balaban J connectivity index is 2.78. The molecule has 24 heavy (non-hydrogen) atoms. The van der Waals surface area contributed by atoms with Crippen molar-refractivity contribution in [1.29, 1.82) is 0 Å². The number of hydrogen-bond acceptors (Lipinski definition) is 4. The maximum atomic E-state index is 12.4. The second-order valence-electron chi connectivity index (χ2n) is 5.36. The van der Waals surface area contributed by atoms with Gasteiger partial charge >= 0.3 is 0 Å². The van der Waals surface area contributed by atoms with E-state index in [1.165, 1.54) is 10.4 Å². The minimum absolute atomic E-state index is 0.0752. The van der Waals surface area contributed by atoms with E-state index in [9.17, 15) is 13.2 Å². The number of sulfonamides is 1. The Morgan fingerprint density at radius 1 is 1.25 bits per heavy atom. The first kappa shape index (κ1) is 20.3. The van der Waals surface area contributed by atoms with Gasteiger partial charge < -0.3 is 10.1 Å². The molecule has 0 spiro atoms. The van der Waals surface area contributed by atoms with Gasteiger partial charge in [-0.2, -0.15) is 4.31 Å². The van der Waals surface area contributed by atoms with Gasteiger partial charge in [-0.1, -0.05) is 26.0 Å². The molecule has 1 atom stereocenters. The third-order valence-corrected chi connectivity index (χ3v) is 5.52. The summed E-state index contributed by atoms with van der Waals surface area (Å²) in [5.74, 6) is -0.223. The molecule has 1 aromatic carbocycles. The number of nitrogens with zero attached hydrogens (tertiary/aromatic N) is 1. The molecule has 6 nitrogen and oxygen atoms in total. The lowest BCUT2D eigenvalue weighted by molar-refractivity contribution is -0.117. The maximum Gasteiger partial charge on any atom is 0.244 e. The van der Waals surface area contributed by atoms with Crippen molar-refractivity contribution < 1.29 is 17.9 Å². The highest BCUT2D eigenvalue weighted by Crippen LogP contribution is 2.16. The number of carbonyl (C=O) groups excluding carboxylic acids is 1. The van der Waals surface area contributed by atoms with Crippen LogP contribution in [0.1, 0.15) is 26.3 Å². The van der Waals surface area contributed by atoms with Crippen molar-refractivity contribution in [2.75, 3.05) is 26.8 Å². The lowest BCUT2D eigenvalue weighted by Gasteiger charge is -2.18. The fourth-order valence-electron chi connectivity index (χ4n) is 2.22. The smallest absolute Gasteiger partial charge is 0.244 e. The van der Waals surface area contributed by atoms with Crippen LogP contribution in [-0.4, -0.2) is 51.5 Å². The van der Waals surface area contributed by atoms with Crippen LogP contribution in [-0.2, 0) is 19.6 Å². The minimum Gasteiger partial charge on any atom is -0.383 e. The first-order valence-electron chi connectivity index (χ1n) is 7.92. The minimum atomic E-state index is -3.46. The fraction of sp³-hybridized carbons (Fsp3) is 0.471. The summed E-state index contributed by atoms with van der Waals surface area (Å²) in [6.07, 6.45) is 3.06. The highest BCUT2D eigenvalue weighted by atomic mass is 32.2. The van der Waals surface area contributed by atoms with Crippen molar-refractivity contribution in [1.82, 2.24) is 9.62 Å². The summed E-state index contributed by atoms with van der Waals surface area (Å²) in [6, 6.07) is 6.39.